The smallest absolute Gasteiger partial charge is 0.336 e. The van der Waals surface area contributed by atoms with E-state index in [-0.39, 0.29) is 24.2 Å². The molecule has 1 N–H and O–H groups in total. The first-order chi connectivity index (χ1) is 11.0. The molecular weight excluding hydrogens is 334 g/mol. The zero-order chi connectivity index (χ0) is 16.8. The van der Waals surface area contributed by atoms with E-state index in [1.807, 2.05) is 18.2 Å². The number of thioether (sulfide) groups is 1. The van der Waals surface area contributed by atoms with Gasteiger partial charge in [0.2, 0.25) is 5.91 Å². The van der Waals surface area contributed by atoms with Crippen LogP contribution < -0.4 is 5.32 Å². The van der Waals surface area contributed by atoms with E-state index in [2.05, 4.69) is 12.2 Å². The summed E-state index contributed by atoms with van der Waals surface area (Å²) in [5, 5.41) is 3.27. The maximum absolute atomic E-state index is 12.5. The van der Waals surface area contributed by atoms with Crippen molar-refractivity contribution < 1.29 is 14.3 Å². The minimum atomic E-state index is -0.385. The molecule has 2 rings (SSSR count). The molecule has 124 valence electrons. The number of hydrogen-bond donors (Lipinski definition) is 1. The molecule has 0 bridgehead atoms. The molecule has 0 aliphatic carbocycles. The molecule has 4 nitrogen and oxygen atoms in total. The molecule has 1 heterocycles. The van der Waals surface area contributed by atoms with Crippen molar-refractivity contribution in [3.63, 3.8) is 0 Å². The summed E-state index contributed by atoms with van der Waals surface area (Å²) in [7, 11) is 0. The molecule has 1 aliphatic heterocycles. The molecule has 1 amide bonds. The fourth-order valence-corrected chi connectivity index (χ4v) is 3.37. The molecule has 1 atom stereocenters. The largest absolute Gasteiger partial charge is 0.461 e. The van der Waals surface area contributed by atoms with Crippen LogP contribution >= 0.6 is 23.4 Å². The van der Waals surface area contributed by atoms with Crippen LogP contribution in [0.25, 0.3) is 0 Å². The molecule has 0 radical (unpaired) electrons. The van der Waals surface area contributed by atoms with Crippen LogP contribution in [0.3, 0.4) is 0 Å². The van der Waals surface area contributed by atoms with E-state index in [0.29, 0.717) is 22.9 Å². The molecule has 6 heteroatoms. The Balaban J connectivity index is 2.25. The van der Waals surface area contributed by atoms with Crippen LogP contribution in [0, 0.1) is 0 Å². The Morgan fingerprint density at radius 1 is 1.43 bits per heavy atom. The maximum atomic E-state index is 12.5. The van der Waals surface area contributed by atoms with Crippen molar-refractivity contribution in [1.82, 2.24) is 5.32 Å². The van der Waals surface area contributed by atoms with Crippen molar-refractivity contribution in [2.75, 3.05) is 18.1 Å². The normalized spacial score (nSPS) is 17.9. The van der Waals surface area contributed by atoms with E-state index in [1.54, 1.807) is 24.8 Å². The molecule has 0 unspecified atom stereocenters. The summed E-state index contributed by atoms with van der Waals surface area (Å²) >= 11 is 7.97. The summed E-state index contributed by atoms with van der Waals surface area (Å²) < 4.78 is 5.37. The lowest BCUT2D eigenvalue weighted by atomic mass is 9.84. The molecule has 1 aromatic rings. The highest BCUT2D eigenvalue weighted by atomic mass is 35.5. The monoisotopic (exact) mass is 353 g/mol. The second kappa shape index (κ2) is 8.41. The highest BCUT2D eigenvalue weighted by Gasteiger charge is 2.33. The van der Waals surface area contributed by atoms with Crippen LogP contribution in [0.1, 0.15) is 31.7 Å². The Hall–Kier alpha value is -1.46. The molecule has 1 aromatic carbocycles. The van der Waals surface area contributed by atoms with Crippen LogP contribution in [0.4, 0.5) is 0 Å². The van der Waals surface area contributed by atoms with Gasteiger partial charge in [0, 0.05) is 28.8 Å². The molecule has 23 heavy (non-hydrogen) atoms. The summed E-state index contributed by atoms with van der Waals surface area (Å²) in [6.45, 7) is 4.14. The minimum Gasteiger partial charge on any atom is -0.461 e. The van der Waals surface area contributed by atoms with Crippen molar-refractivity contribution in [3.05, 3.63) is 46.1 Å². The Bertz CT molecular complexity index is 630. The van der Waals surface area contributed by atoms with Gasteiger partial charge in [-0.3, -0.25) is 4.79 Å². The number of rotatable bonds is 6. The molecule has 0 saturated heterocycles. The van der Waals surface area contributed by atoms with Crippen LogP contribution in [0.5, 0.6) is 0 Å². The molecular formula is C17H20ClNO3S. The van der Waals surface area contributed by atoms with Gasteiger partial charge >= 0.3 is 5.97 Å². The average molecular weight is 354 g/mol. The molecule has 0 spiro atoms. The third-order valence-corrected chi connectivity index (χ3v) is 4.84. The number of benzene rings is 1. The first-order valence-corrected chi connectivity index (χ1v) is 9.07. The summed E-state index contributed by atoms with van der Waals surface area (Å²) in [5.41, 5.74) is 1.80. The Labute approximate surface area is 145 Å². The number of carbonyl (C=O) groups excluding carboxylic acids is 2. The van der Waals surface area contributed by atoms with Crippen LogP contribution in [0.2, 0.25) is 5.02 Å². The lowest BCUT2D eigenvalue weighted by molar-refractivity contribution is -0.139. The minimum absolute atomic E-state index is 0.120. The van der Waals surface area contributed by atoms with E-state index in [0.717, 1.165) is 17.1 Å². The van der Waals surface area contributed by atoms with E-state index in [4.69, 9.17) is 16.3 Å². The Morgan fingerprint density at radius 2 is 2.17 bits per heavy atom. The third kappa shape index (κ3) is 4.52. The Morgan fingerprint density at radius 3 is 2.87 bits per heavy atom. The van der Waals surface area contributed by atoms with Crippen molar-refractivity contribution in [2.24, 2.45) is 0 Å². The highest BCUT2D eigenvalue weighted by Crippen LogP contribution is 2.36. The summed E-state index contributed by atoms with van der Waals surface area (Å²) in [4.78, 5) is 24.4. The maximum Gasteiger partial charge on any atom is 0.336 e. The van der Waals surface area contributed by atoms with Crippen LogP contribution in [0.15, 0.2) is 35.5 Å². The van der Waals surface area contributed by atoms with Gasteiger partial charge in [-0.05, 0) is 24.3 Å². The van der Waals surface area contributed by atoms with Gasteiger partial charge < -0.3 is 10.1 Å². The van der Waals surface area contributed by atoms with Crippen LogP contribution in [-0.2, 0) is 14.3 Å². The van der Waals surface area contributed by atoms with E-state index in [9.17, 15) is 9.59 Å². The molecule has 1 aliphatic rings. The SMILES string of the molecule is CCSCCOC(=O)C1=C(C)NC(=O)C[C@H]1c1ccccc1Cl. The van der Waals surface area contributed by atoms with Crippen molar-refractivity contribution >= 4 is 35.2 Å². The lowest BCUT2D eigenvalue weighted by Gasteiger charge is -2.27. The number of allylic oxidation sites excluding steroid dienone is 1. The average Bonchev–Trinajstić information content (AvgIpc) is 2.51. The first kappa shape index (κ1) is 17.9. The summed E-state index contributed by atoms with van der Waals surface area (Å²) in [6, 6.07) is 7.29. The van der Waals surface area contributed by atoms with Gasteiger partial charge in [-0.1, -0.05) is 36.7 Å². The zero-order valence-electron chi connectivity index (χ0n) is 13.2. The van der Waals surface area contributed by atoms with Gasteiger partial charge in [0.1, 0.15) is 6.61 Å². The number of hydrogen-bond acceptors (Lipinski definition) is 4. The number of halogens is 1. The lowest BCUT2D eigenvalue weighted by Crippen LogP contribution is -2.34. The topological polar surface area (TPSA) is 55.4 Å². The fraction of sp³-hybridized carbons (Fsp3) is 0.412. The van der Waals surface area contributed by atoms with Gasteiger partial charge in [-0.2, -0.15) is 11.8 Å². The van der Waals surface area contributed by atoms with Crippen molar-refractivity contribution in [2.45, 2.75) is 26.2 Å². The van der Waals surface area contributed by atoms with Crippen molar-refractivity contribution in [3.8, 4) is 0 Å². The van der Waals surface area contributed by atoms with Crippen LogP contribution in [-0.4, -0.2) is 30.0 Å². The van der Waals surface area contributed by atoms with E-state index < -0.39 is 0 Å². The quantitative estimate of drug-likeness (QED) is 0.628. The predicted molar refractivity (Wildman–Crippen MR) is 93.6 cm³/mol. The number of carbonyl (C=O) groups is 2. The van der Waals surface area contributed by atoms with E-state index >= 15 is 0 Å². The van der Waals surface area contributed by atoms with Gasteiger partial charge in [0.05, 0.1) is 5.57 Å². The Kier molecular flexibility index (Phi) is 6.54. The number of nitrogens with one attached hydrogen (secondary N) is 1. The fourth-order valence-electron chi connectivity index (χ4n) is 2.61. The van der Waals surface area contributed by atoms with Crippen molar-refractivity contribution in [1.29, 1.82) is 0 Å². The second-order valence-electron chi connectivity index (χ2n) is 5.20. The van der Waals surface area contributed by atoms with Gasteiger partial charge in [-0.15, -0.1) is 0 Å². The standard InChI is InChI=1S/C17H20ClNO3S/c1-3-23-9-8-22-17(21)16-11(2)19-15(20)10-13(16)12-6-4-5-7-14(12)18/h4-7,13H,3,8-10H2,1-2H3,(H,19,20)/t13-/m0/s1. The molecule has 0 aromatic heterocycles. The first-order valence-electron chi connectivity index (χ1n) is 7.54. The number of ether oxygens (including phenoxy) is 1. The zero-order valence-corrected chi connectivity index (χ0v) is 14.8. The third-order valence-electron chi connectivity index (χ3n) is 3.63. The highest BCUT2D eigenvalue weighted by molar-refractivity contribution is 7.99. The molecule has 0 saturated carbocycles. The number of amides is 1. The predicted octanol–water partition coefficient (Wildman–Crippen LogP) is 3.51. The van der Waals surface area contributed by atoms with E-state index in [1.165, 1.54) is 0 Å². The van der Waals surface area contributed by atoms with Gasteiger partial charge in [-0.25, -0.2) is 4.79 Å². The number of esters is 1. The summed E-state index contributed by atoms with van der Waals surface area (Å²) in [5.74, 6) is 0.869. The van der Waals surface area contributed by atoms with Gasteiger partial charge in [0.25, 0.3) is 0 Å². The summed E-state index contributed by atoms with van der Waals surface area (Å²) in [6.07, 6.45) is 0.190. The molecule has 0 fully saturated rings. The van der Waals surface area contributed by atoms with Gasteiger partial charge in [0.15, 0.2) is 0 Å². The second-order valence-corrected chi connectivity index (χ2v) is 7.00.